The van der Waals surface area contributed by atoms with Crippen LogP contribution in [0, 0.1) is 6.92 Å². The number of benzene rings is 1. The van der Waals surface area contributed by atoms with Crippen molar-refractivity contribution in [3.05, 3.63) is 34.3 Å². The van der Waals surface area contributed by atoms with Crippen molar-refractivity contribution < 1.29 is 4.79 Å². The first-order chi connectivity index (χ1) is 9.04. The Morgan fingerprint density at radius 2 is 2.37 bits per heavy atom. The molecule has 0 fully saturated rings. The minimum atomic E-state index is -0.119. The van der Waals surface area contributed by atoms with Crippen LogP contribution in [0.3, 0.4) is 0 Å². The smallest absolute Gasteiger partial charge is 0.234 e. The van der Waals surface area contributed by atoms with Crippen LogP contribution in [0.2, 0.25) is 5.02 Å². The van der Waals surface area contributed by atoms with Crippen LogP contribution in [-0.2, 0) is 4.79 Å². The molecule has 19 heavy (non-hydrogen) atoms. The lowest BCUT2D eigenvalue weighted by Crippen LogP contribution is -2.15. The Labute approximate surface area is 124 Å². The highest BCUT2D eigenvalue weighted by molar-refractivity contribution is 8.01. The number of thiazole rings is 1. The third-order valence-electron chi connectivity index (χ3n) is 2.21. The summed E-state index contributed by atoms with van der Waals surface area (Å²) in [5.41, 5.74) is 7.76. The van der Waals surface area contributed by atoms with Crippen molar-refractivity contribution in [2.24, 2.45) is 0 Å². The minimum absolute atomic E-state index is 0.119. The molecule has 7 heteroatoms. The van der Waals surface area contributed by atoms with Gasteiger partial charge in [-0.1, -0.05) is 23.4 Å². The maximum absolute atomic E-state index is 11.8. The molecule has 3 N–H and O–H groups in total. The summed E-state index contributed by atoms with van der Waals surface area (Å²) in [7, 11) is 0. The highest BCUT2D eigenvalue weighted by Gasteiger charge is 2.08. The fourth-order valence-corrected chi connectivity index (χ4v) is 3.19. The molecule has 0 spiro atoms. The van der Waals surface area contributed by atoms with Gasteiger partial charge in [0.25, 0.3) is 0 Å². The number of nitrogens with two attached hydrogens (primary N) is 1. The molecule has 0 aliphatic carbocycles. The first-order valence-electron chi connectivity index (χ1n) is 5.44. The lowest BCUT2D eigenvalue weighted by Gasteiger charge is -2.07. The number of halogens is 1. The van der Waals surface area contributed by atoms with E-state index in [1.54, 1.807) is 18.2 Å². The molecule has 0 radical (unpaired) electrons. The third-order valence-corrected chi connectivity index (χ3v) is 4.59. The van der Waals surface area contributed by atoms with Crippen molar-refractivity contribution in [2.45, 2.75) is 11.3 Å². The zero-order valence-electron chi connectivity index (χ0n) is 10.1. The van der Waals surface area contributed by atoms with E-state index in [1.807, 2.05) is 12.3 Å². The van der Waals surface area contributed by atoms with Crippen LogP contribution in [0.4, 0.5) is 11.4 Å². The van der Waals surface area contributed by atoms with Gasteiger partial charge in [0, 0.05) is 16.1 Å². The number of aryl methyl sites for hydroxylation is 1. The van der Waals surface area contributed by atoms with Gasteiger partial charge in [0.2, 0.25) is 5.91 Å². The molecule has 0 unspecified atom stereocenters. The Balaban J connectivity index is 1.90. The number of carbonyl (C=O) groups excluding carboxylic acids is 1. The average molecular weight is 314 g/mol. The molecule has 0 saturated heterocycles. The molecule has 0 aliphatic heterocycles. The monoisotopic (exact) mass is 313 g/mol. The summed E-state index contributed by atoms with van der Waals surface area (Å²) in [6.07, 6.45) is 0. The molecule has 2 rings (SSSR count). The molecule has 1 aromatic heterocycles. The molecule has 0 aliphatic rings. The standard InChI is InChI=1S/C12H12ClN3OS2/c1-7-5-18-12(15-7)19-6-11(17)16-10-3-2-8(13)4-9(10)14/h2-5H,6,14H2,1H3,(H,16,17). The zero-order chi connectivity index (χ0) is 13.8. The van der Waals surface area contributed by atoms with Gasteiger partial charge in [-0.3, -0.25) is 4.79 Å². The van der Waals surface area contributed by atoms with Gasteiger partial charge in [-0.25, -0.2) is 4.98 Å². The number of hydrogen-bond donors (Lipinski definition) is 2. The molecule has 0 saturated carbocycles. The van der Waals surface area contributed by atoms with E-state index < -0.39 is 0 Å². The first kappa shape index (κ1) is 14.2. The lowest BCUT2D eigenvalue weighted by molar-refractivity contribution is -0.113. The number of nitrogen functional groups attached to an aromatic ring is 1. The quantitative estimate of drug-likeness (QED) is 0.670. The van der Waals surface area contributed by atoms with Crippen molar-refractivity contribution in [1.82, 2.24) is 4.98 Å². The van der Waals surface area contributed by atoms with Crippen LogP contribution in [0.15, 0.2) is 27.9 Å². The van der Waals surface area contributed by atoms with Crippen LogP contribution < -0.4 is 11.1 Å². The molecule has 100 valence electrons. The normalized spacial score (nSPS) is 10.4. The molecule has 1 amide bonds. The zero-order valence-corrected chi connectivity index (χ0v) is 12.5. The number of hydrogen-bond acceptors (Lipinski definition) is 5. The summed E-state index contributed by atoms with van der Waals surface area (Å²) >= 11 is 8.73. The number of anilines is 2. The maximum Gasteiger partial charge on any atom is 0.234 e. The van der Waals surface area contributed by atoms with E-state index in [4.69, 9.17) is 17.3 Å². The minimum Gasteiger partial charge on any atom is -0.397 e. The summed E-state index contributed by atoms with van der Waals surface area (Å²) in [4.78, 5) is 16.1. The molecule has 2 aromatic rings. The molecule has 1 aromatic carbocycles. The van der Waals surface area contributed by atoms with E-state index in [9.17, 15) is 4.79 Å². The van der Waals surface area contributed by atoms with E-state index in [1.165, 1.54) is 23.1 Å². The van der Waals surface area contributed by atoms with Crippen molar-refractivity contribution in [3.8, 4) is 0 Å². The summed E-state index contributed by atoms with van der Waals surface area (Å²) in [6.45, 7) is 1.93. The molecular weight excluding hydrogens is 302 g/mol. The fraction of sp³-hybridized carbons (Fsp3) is 0.167. The van der Waals surface area contributed by atoms with E-state index in [0.29, 0.717) is 22.2 Å². The summed E-state index contributed by atoms with van der Waals surface area (Å²) in [6, 6.07) is 4.98. The predicted octanol–water partition coefficient (Wildman–Crippen LogP) is 3.42. The van der Waals surface area contributed by atoms with Crippen molar-refractivity contribution in [1.29, 1.82) is 0 Å². The van der Waals surface area contributed by atoms with Crippen molar-refractivity contribution in [2.75, 3.05) is 16.8 Å². The number of amides is 1. The SMILES string of the molecule is Cc1csc(SCC(=O)Nc2ccc(Cl)cc2N)n1. The molecule has 0 bridgehead atoms. The van der Waals surface area contributed by atoms with E-state index in [-0.39, 0.29) is 5.91 Å². The Bertz CT molecular complexity index is 600. The molecule has 4 nitrogen and oxygen atoms in total. The summed E-state index contributed by atoms with van der Waals surface area (Å²) < 4.78 is 0.886. The summed E-state index contributed by atoms with van der Waals surface area (Å²) in [5, 5.41) is 5.25. The topological polar surface area (TPSA) is 68.0 Å². The second kappa shape index (κ2) is 6.27. The van der Waals surface area contributed by atoms with Gasteiger partial charge in [0.15, 0.2) is 4.34 Å². The number of rotatable bonds is 4. The van der Waals surface area contributed by atoms with Gasteiger partial charge in [-0.15, -0.1) is 11.3 Å². The number of nitrogens with zero attached hydrogens (tertiary/aromatic N) is 1. The Hall–Kier alpha value is -1.24. The number of aromatic nitrogens is 1. The van der Waals surface area contributed by atoms with Crippen LogP contribution in [-0.4, -0.2) is 16.6 Å². The van der Waals surface area contributed by atoms with Gasteiger partial charge in [-0.2, -0.15) is 0 Å². The second-order valence-electron chi connectivity index (χ2n) is 3.82. The lowest BCUT2D eigenvalue weighted by atomic mass is 10.2. The molecule has 1 heterocycles. The number of nitrogens with one attached hydrogen (secondary N) is 1. The maximum atomic E-state index is 11.8. The Morgan fingerprint density at radius 1 is 1.58 bits per heavy atom. The fourth-order valence-electron chi connectivity index (χ4n) is 1.36. The number of carbonyl (C=O) groups is 1. The predicted molar refractivity (Wildman–Crippen MR) is 82.1 cm³/mol. The van der Waals surface area contributed by atoms with Crippen LogP contribution >= 0.6 is 34.7 Å². The summed E-state index contributed by atoms with van der Waals surface area (Å²) in [5.74, 6) is 0.182. The van der Waals surface area contributed by atoms with Crippen molar-refractivity contribution in [3.63, 3.8) is 0 Å². The van der Waals surface area contributed by atoms with E-state index in [2.05, 4.69) is 10.3 Å². The third kappa shape index (κ3) is 4.12. The largest absolute Gasteiger partial charge is 0.397 e. The van der Waals surface area contributed by atoms with Crippen LogP contribution in [0.5, 0.6) is 0 Å². The highest BCUT2D eigenvalue weighted by atomic mass is 35.5. The van der Waals surface area contributed by atoms with Crippen LogP contribution in [0.1, 0.15) is 5.69 Å². The number of thioether (sulfide) groups is 1. The van der Waals surface area contributed by atoms with Gasteiger partial charge in [0.1, 0.15) is 0 Å². The van der Waals surface area contributed by atoms with Crippen LogP contribution in [0.25, 0.3) is 0 Å². The second-order valence-corrected chi connectivity index (χ2v) is 6.34. The van der Waals surface area contributed by atoms with Gasteiger partial charge < -0.3 is 11.1 Å². The average Bonchev–Trinajstić information content (AvgIpc) is 2.76. The van der Waals surface area contributed by atoms with Crippen molar-refractivity contribution >= 4 is 52.0 Å². The molecule has 0 atom stereocenters. The molecular formula is C12H12ClN3OS2. The highest BCUT2D eigenvalue weighted by Crippen LogP contribution is 2.25. The van der Waals surface area contributed by atoms with Gasteiger partial charge in [0.05, 0.1) is 17.1 Å². The van der Waals surface area contributed by atoms with Gasteiger partial charge in [-0.05, 0) is 25.1 Å². The van der Waals surface area contributed by atoms with E-state index in [0.717, 1.165) is 10.0 Å². The first-order valence-corrected chi connectivity index (χ1v) is 7.69. The Morgan fingerprint density at radius 3 is 3.00 bits per heavy atom. The van der Waals surface area contributed by atoms with E-state index >= 15 is 0 Å². The Kier molecular flexibility index (Phi) is 4.68. The van der Waals surface area contributed by atoms with Gasteiger partial charge >= 0.3 is 0 Å².